The molecule has 262 valence electrons. The van der Waals surface area contributed by atoms with Crippen molar-refractivity contribution in [3.63, 3.8) is 0 Å². The Morgan fingerprint density at radius 2 is 1.77 bits per heavy atom. The average molecular weight is 847 g/mol. The van der Waals surface area contributed by atoms with Crippen LogP contribution in [-0.2, 0) is 22.4 Å². The molecule has 2 aliphatic rings. The number of aromatic nitrogens is 3. The average Bonchev–Trinajstić information content (AvgIpc) is 3.77. The monoisotopic (exact) mass is 844 g/mol. The molecule has 6 rings (SSSR count). The van der Waals surface area contributed by atoms with E-state index in [1.807, 2.05) is 36.6 Å². The van der Waals surface area contributed by atoms with E-state index in [0.717, 1.165) is 52.9 Å². The van der Waals surface area contributed by atoms with E-state index in [1.54, 1.807) is 18.2 Å². The fraction of sp³-hybridized carbons (Fsp3) is 0.485. The van der Waals surface area contributed by atoms with Gasteiger partial charge in [-0.1, -0.05) is 71.2 Å². The predicted molar refractivity (Wildman–Crippen MR) is 203 cm³/mol. The molecular formula is C33H43Br2ClN6O4S2. The lowest BCUT2D eigenvalue weighted by molar-refractivity contribution is 0.0601. The minimum atomic E-state index is -0.439. The molecule has 4 aromatic rings. The van der Waals surface area contributed by atoms with Gasteiger partial charge in [0.2, 0.25) is 0 Å². The number of nitrogens with two attached hydrogens (primary N) is 2. The molecule has 48 heavy (non-hydrogen) atoms. The number of carbonyl (C=O) groups is 1. The number of halogens is 3. The topological polar surface area (TPSA) is 148 Å². The van der Waals surface area contributed by atoms with Crippen LogP contribution in [0.1, 0.15) is 63.1 Å². The number of methoxy groups -OCH3 is 1. The van der Waals surface area contributed by atoms with Crippen molar-refractivity contribution in [2.45, 2.75) is 59.9 Å². The zero-order valence-corrected chi connectivity index (χ0v) is 33.4. The van der Waals surface area contributed by atoms with Gasteiger partial charge in [-0.3, -0.25) is 9.36 Å². The molecule has 10 nitrogen and oxygen atoms in total. The maximum absolute atomic E-state index is 12.5. The largest absolute Gasteiger partial charge is 0.465 e. The lowest BCUT2D eigenvalue weighted by Crippen LogP contribution is -2.36. The van der Waals surface area contributed by atoms with E-state index < -0.39 is 5.97 Å². The fourth-order valence-electron chi connectivity index (χ4n) is 4.36. The van der Waals surface area contributed by atoms with Gasteiger partial charge in [0.05, 0.1) is 29.3 Å². The first-order valence-corrected chi connectivity index (χ1v) is 19.5. The molecule has 0 amide bonds. The Labute approximate surface area is 310 Å². The number of hydrogen-bond donors (Lipinski definition) is 2. The molecule has 0 saturated carbocycles. The number of nitrogens with zero attached hydrogens (tertiary/aromatic N) is 4. The second kappa shape index (κ2) is 18.8. The Kier molecular flexibility index (Phi) is 15.8. The molecule has 1 saturated heterocycles. The third kappa shape index (κ3) is 12.1. The molecule has 2 aromatic heterocycles. The molecule has 0 unspecified atom stereocenters. The Balaban J connectivity index is 0.000000195. The summed E-state index contributed by atoms with van der Waals surface area (Å²) in [5, 5.41) is 1.04. The summed E-state index contributed by atoms with van der Waals surface area (Å²) in [4.78, 5) is 33.1. The van der Waals surface area contributed by atoms with Gasteiger partial charge in [-0.05, 0) is 89.9 Å². The van der Waals surface area contributed by atoms with Crippen LogP contribution in [0.3, 0.4) is 0 Å². The summed E-state index contributed by atoms with van der Waals surface area (Å²) < 4.78 is 17.8. The first-order chi connectivity index (χ1) is 22.7. The SMILES string of the molecule is C1CCOC1.CC(C)(CN)CN.CC1(C)CCc2nc3cc(Br)ccc3c(=O)n2C1.COC(=O)c1ccc(Br)cc1N=c1ssnc1Cl. The van der Waals surface area contributed by atoms with Gasteiger partial charge in [-0.2, -0.15) is 4.37 Å². The molecule has 4 N–H and O–H groups in total. The standard InChI is InChI=1S/C14H15BrN2O.C10H6BrClN2O2S2.C5H14N2.C4H8O/c1-14(2)6-5-12-16-11-7-9(15)3-4-10(11)13(18)17(12)8-14;1-16-10(15)6-3-2-5(11)4-7(6)13-9-8(12)14-18-17-9;1-5(2,3-6)4-7;1-2-4-5-3-1/h3-4,7H,5-6,8H2,1-2H3;2-4H,1H3;3-4,6-7H2,1-2H3;1-4H2. The quantitative estimate of drug-likeness (QED) is 0.159. The summed E-state index contributed by atoms with van der Waals surface area (Å²) in [7, 11) is 3.92. The number of ether oxygens (including phenoxy) is 2. The summed E-state index contributed by atoms with van der Waals surface area (Å²) in [6.07, 6.45) is 4.52. The number of esters is 1. The van der Waals surface area contributed by atoms with Gasteiger partial charge in [0.25, 0.3) is 5.56 Å². The first-order valence-electron chi connectivity index (χ1n) is 15.4. The Morgan fingerprint density at radius 3 is 2.31 bits per heavy atom. The van der Waals surface area contributed by atoms with E-state index >= 15 is 0 Å². The van der Waals surface area contributed by atoms with Gasteiger partial charge in [0.1, 0.15) is 5.82 Å². The minimum Gasteiger partial charge on any atom is -0.465 e. The van der Waals surface area contributed by atoms with Gasteiger partial charge < -0.3 is 20.9 Å². The normalized spacial score (nSPS) is 15.2. The third-order valence-corrected chi connectivity index (χ3v) is 10.7. The van der Waals surface area contributed by atoms with Crippen molar-refractivity contribution in [2.24, 2.45) is 27.3 Å². The van der Waals surface area contributed by atoms with E-state index in [9.17, 15) is 9.59 Å². The number of carbonyl (C=O) groups excluding carboxylic acids is 1. The van der Waals surface area contributed by atoms with Gasteiger partial charge in [0.15, 0.2) is 9.82 Å². The highest BCUT2D eigenvalue weighted by molar-refractivity contribution is 9.10. The van der Waals surface area contributed by atoms with E-state index in [4.69, 9.17) is 32.5 Å². The summed E-state index contributed by atoms with van der Waals surface area (Å²) >= 11 is 12.6. The Hall–Kier alpha value is -2.04. The highest BCUT2D eigenvalue weighted by Crippen LogP contribution is 2.30. The van der Waals surface area contributed by atoms with Crippen molar-refractivity contribution in [2.75, 3.05) is 33.4 Å². The van der Waals surface area contributed by atoms with Gasteiger partial charge in [-0.25, -0.2) is 14.8 Å². The highest BCUT2D eigenvalue weighted by Gasteiger charge is 2.27. The van der Waals surface area contributed by atoms with E-state index in [-0.39, 0.29) is 16.4 Å². The maximum atomic E-state index is 12.5. The fourth-order valence-corrected chi connectivity index (χ4v) is 7.04. The molecule has 0 radical (unpaired) electrons. The summed E-state index contributed by atoms with van der Waals surface area (Å²) in [6.45, 7) is 12.6. The molecule has 0 spiro atoms. The van der Waals surface area contributed by atoms with E-state index in [0.29, 0.717) is 39.6 Å². The molecule has 1 fully saturated rings. The molecule has 2 aliphatic heterocycles. The van der Waals surface area contributed by atoms with Gasteiger partial charge in [0, 0.05) is 45.7 Å². The van der Waals surface area contributed by atoms with Crippen molar-refractivity contribution < 1.29 is 14.3 Å². The number of rotatable bonds is 4. The summed E-state index contributed by atoms with van der Waals surface area (Å²) in [6, 6.07) is 10.8. The minimum absolute atomic E-state index is 0.0928. The van der Waals surface area contributed by atoms with Gasteiger partial charge in [-0.15, -0.1) is 0 Å². The van der Waals surface area contributed by atoms with Crippen molar-refractivity contribution in [3.8, 4) is 0 Å². The van der Waals surface area contributed by atoms with Crippen molar-refractivity contribution in [3.05, 3.63) is 76.9 Å². The van der Waals surface area contributed by atoms with Crippen LogP contribution < -0.4 is 21.7 Å². The summed E-state index contributed by atoms with van der Waals surface area (Å²) in [5.41, 5.74) is 12.8. The molecule has 15 heteroatoms. The van der Waals surface area contributed by atoms with E-state index in [1.165, 1.54) is 40.8 Å². The highest BCUT2D eigenvalue weighted by atomic mass is 79.9. The maximum Gasteiger partial charge on any atom is 0.340 e. The van der Waals surface area contributed by atoms with Crippen LogP contribution in [-0.4, -0.2) is 53.3 Å². The van der Waals surface area contributed by atoms with Crippen LogP contribution in [0.25, 0.3) is 10.9 Å². The Morgan fingerprint density at radius 1 is 1.12 bits per heavy atom. The van der Waals surface area contributed by atoms with E-state index in [2.05, 4.69) is 60.1 Å². The van der Waals surface area contributed by atoms with Crippen LogP contribution in [0.5, 0.6) is 0 Å². The van der Waals surface area contributed by atoms with Crippen LogP contribution >= 0.6 is 64.3 Å². The second-order valence-corrected chi connectivity index (χ2v) is 16.8. The molecule has 0 aliphatic carbocycles. The van der Waals surface area contributed by atoms with Crippen molar-refractivity contribution >= 4 is 86.9 Å². The van der Waals surface area contributed by atoms with Crippen LogP contribution in [0.2, 0.25) is 5.15 Å². The number of fused-ring (bicyclic) bond motifs is 2. The smallest absolute Gasteiger partial charge is 0.340 e. The molecular weight excluding hydrogens is 804 g/mol. The lowest BCUT2D eigenvalue weighted by atomic mass is 9.85. The summed E-state index contributed by atoms with van der Waals surface area (Å²) in [5.74, 6) is 0.482. The Bertz CT molecular complexity index is 1790. The second-order valence-electron chi connectivity index (χ2n) is 12.7. The predicted octanol–water partition coefficient (Wildman–Crippen LogP) is 7.50. The van der Waals surface area contributed by atoms with Crippen molar-refractivity contribution in [1.29, 1.82) is 0 Å². The zero-order chi connectivity index (χ0) is 35.5. The molecule has 0 bridgehead atoms. The van der Waals surface area contributed by atoms with Gasteiger partial charge >= 0.3 is 5.97 Å². The van der Waals surface area contributed by atoms with Crippen LogP contribution in [0, 0.1) is 10.8 Å². The molecule has 0 atom stereocenters. The zero-order valence-electron chi connectivity index (χ0n) is 27.9. The number of benzene rings is 2. The van der Waals surface area contributed by atoms with Crippen LogP contribution in [0.15, 0.2) is 55.1 Å². The van der Waals surface area contributed by atoms with Crippen LogP contribution in [0.4, 0.5) is 5.69 Å². The third-order valence-electron chi connectivity index (χ3n) is 7.54. The molecule has 4 heterocycles. The number of hydrogen-bond acceptors (Lipinski definition) is 11. The molecule has 2 aromatic carbocycles. The number of aryl methyl sites for hydroxylation is 1. The lowest BCUT2D eigenvalue weighted by Gasteiger charge is -2.31. The van der Waals surface area contributed by atoms with Crippen molar-refractivity contribution in [1.82, 2.24) is 13.9 Å². The first kappa shape index (κ1) is 40.4.